The third-order valence-corrected chi connectivity index (χ3v) is 4.39. The van der Waals surface area contributed by atoms with E-state index in [0.717, 1.165) is 4.90 Å². The van der Waals surface area contributed by atoms with Crippen molar-refractivity contribution in [2.45, 2.75) is 15.7 Å². The molecule has 1 aromatic heterocycles. The molecular formula is C12H10N2O5S2. The second kappa shape index (κ2) is 6.55. The topological polar surface area (TPSA) is 103 Å². The molecule has 0 atom stereocenters. The number of aromatic nitrogens is 1. The van der Waals surface area contributed by atoms with E-state index in [2.05, 4.69) is 4.98 Å². The average Bonchev–Trinajstić information content (AvgIpc) is 2.84. The standard InChI is InChI=1S/C12H10N2O5S2/c1-19-10-5-8(2-3-9(10)14(17)18)21-12-13-7(6-20-12)4-11(15)16/h2-3,5-6H,4H2,1H3,(H,15,16). The zero-order chi connectivity index (χ0) is 15.4. The second-order valence-electron chi connectivity index (χ2n) is 3.87. The van der Waals surface area contributed by atoms with Gasteiger partial charge in [-0.3, -0.25) is 14.9 Å². The fourth-order valence-electron chi connectivity index (χ4n) is 1.54. The van der Waals surface area contributed by atoms with Gasteiger partial charge in [-0.05, 0) is 6.07 Å². The van der Waals surface area contributed by atoms with Gasteiger partial charge in [0.25, 0.3) is 0 Å². The average molecular weight is 326 g/mol. The Labute approximate surface area is 127 Å². The molecule has 1 aromatic carbocycles. The number of rotatable bonds is 6. The second-order valence-corrected chi connectivity index (χ2v) is 6.05. The number of hydrogen-bond donors (Lipinski definition) is 1. The van der Waals surface area contributed by atoms with Crippen molar-refractivity contribution in [1.82, 2.24) is 4.98 Å². The Kier molecular flexibility index (Phi) is 4.76. The normalized spacial score (nSPS) is 10.3. The van der Waals surface area contributed by atoms with Crippen LogP contribution < -0.4 is 4.74 Å². The molecule has 0 saturated carbocycles. The molecule has 9 heteroatoms. The number of carboxylic acid groups (broad SMARTS) is 1. The summed E-state index contributed by atoms with van der Waals surface area (Å²) in [4.78, 5) is 25.8. The molecule has 0 bridgehead atoms. The third kappa shape index (κ3) is 3.92. The van der Waals surface area contributed by atoms with E-state index in [0.29, 0.717) is 10.0 Å². The van der Waals surface area contributed by atoms with Crippen molar-refractivity contribution in [3.63, 3.8) is 0 Å². The molecule has 0 unspecified atom stereocenters. The van der Waals surface area contributed by atoms with Crippen LogP contribution in [0.1, 0.15) is 5.69 Å². The number of methoxy groups -OCH3 is 1. The highest BCUT2D eigenvalue weighted by atomic mass is 32.2. The summed E-state index contributed by atoms with van der Waals surface area (Å²) in [6.07, 6.45) is -0.124. The van der Waals surface area contributed by atoms with Crippen LogP contribution in [0.5, 0.6) is 5.75 Å². The maximum absolute atomic E-state index is 10.8. The van der Waals surface area contributed by atoms with Crippen LogP contribution in [0, 0.1) is 10.1 Å². The third-order valence-electron chi connectivity index (χ3n) is 2.42. The summed E-state index contributed by atoms with van der Waals surface area (Å²) in [6.45, 7) is 0. The smallest absolute Gasteiger partial charge is 0.310 e. The first-order valence-corrected chi connectivity index (χ1v) is 7.35. The molecule has 1 heterocycles. The van der Waals surface area contributed by atoms with E-state index in [1.807, 2.05) is 0 Å². The van der Waals surface area contributed by atoms with E-state index in [4.69, 9.17) is 9.84 Å². The molecule has 21 heavy (non-hydrogen) atoms. The van der Waals surface area contributed by atoms with Crippen LogP contribution in [0.25, 0.3) is 0 Å². The zero-order valence-electron chi connectivity index (χ0n) is 10.8. The molecule has 0 amide bonds. The van der Waals surface area contributed by atoms with Gasteiger partial charge in [-0.1, -0.05) is 11.8 Å². The molecule has 0 aliphatic carbocycles. The molecule has 0 fully saturated rings. The first-order valence-electron chi connectivity index (χ1n) is 5.66. The number of aliphatic carboxylic acids is 1. The van der Waals surface area contributed by atoms with Crippen LogP contribution in [0.2, 0.25) is 0 Å². The quantitative estimate of drug-likeness (QED) is 0.643. The number of thiazole rings is 1. The molecule has 1 N–H and O–H groups in total. The van der Waals surface area contributed by atoms with Gasteiger partial charge < -0.3 is 9.84 Å². The van der Waals surface area contributed by atoms with E-state index in [-0.39, 0.29) is 17.9 Å². The number of benzene rings is 1. The van der Waals surface area contributed by atoms with Gasteiger partial charge in [-0.2, -0.15) is 0 Å². The Hall–Kier alpha value is -2.13. The molecule has 2 aromatic rings. The number of hydrogen-bond acceptors (Lipinski definition) is 7. The lowest BCUT2D eigenvalue weighted by atomic mass is 10.3. The Balaban J connectivity index is 2.18. The van der Waals surface area contributed by atoms with E-state index in [1.54, 1.807) is 17.5 Å². The molecule has 2 rings (SSSR count). The number of carboxylic acids is 1. The number of nitro groups is 1. The summed E-state index contributed by atoms with van der Waals surface area (Å²) >= 11 is 2.62. The lowest BCUT2D eigenvalue weighted by Gasteiger charge is -2.03. The SMILES string of the molecule is COc1cc(Sc2nc(CC(=O)O)cs2)ccc1[N+](=O)[O-]. The predicted octanol–water partition coefficient (Wildman–Crippen LogP) is 2.84. The lowest BCUT2D eigenvalue weighted by molar-refractivity contribution is -0.385. The van der Waals surface area contributed by atoms with Crippen LogP contribution >= 0.6 is 23.1 Å². The molecular weight excluding hydrogens is 316 g/mol. The summed E-state index contributed by atoms with van der Waals surface area (Å²) in [6, 6.07) is 4.53. The fraction of sp³-hybridized carbons (Fsp3) is 0.167. The minimum atomic E-state index is -0.936. The summed E-state index contributed by atoms with van der Waals surface area (Å²) in [5, 5.41) is 21.2. The maximum atomic E-state index is 10.8. The highest BCUT2D eigenvalue weighted by Gasteiger charge is 2.16. The van der Waals surface area contributed by atoms with Gasteiger partial charge in [0.2, 0.25) is 0 Å². The number of ether oxygens (including phenoxy) is 1. The minimum absolute atomic E-state index is 0.104. The molecule has 110 valence electrons. The van der Waals surface area contributed by atoms with Crippen LogP contribution in [-0.4, -0.2) is 28.1 Å². The lowest BCUT2D eigenvalue weighted by Crippen LogP contribution is -1.99. The fourth-order valence-corrected chi connectivity index (χ4v) is 3.38. The van der Waals surface area contributed by atoms with Crippen molar-refractivity contribution in [2.24, 2.45) is 0 Å². The van der Waals surface area contributed by atoms with E-state index >= 15 is 0 Å². The van der Waals surface area contributed by atoms with Gasteiger partial charge in [0, 0.05) is 22.4 Å². The van der Waals surface area contributed by atoms with Crippen LogP contribution in [0.3, 0.4) is 0 Å². The summed E-state index contributed by atoms with van der Waals surface area (Å²) in [5.41, 5.74) is 0.386. The number of nitrogens with zero attached hydrogens (tertiary/aromatic N) is 2. The van der Waals surface area contributed by atoms with E-state index in [9.17, 15) is 14.9 Å². The monoisotopic (exact) mass is 326 g/mol. The first-order chi connectivity index (χ1) is 9.99. The maximum Gasteiger partial charge on any atom is 0.310 e. The molecule has 0 aliphatic rings. The van der Waals surface area contributed by atoms with Crippen LogP contribution in [-0.2, 0) is 11.2 Å². The van der Waals surface area contributed by atoms with Crippen LogP contribution in [0.15, 0.2) is 32.8 Å². The molecule has 0 spiro atoms. The molecule has 0 aliphatic heterocycles. The van der Waals surface area contributed by atoms with Crippen molar-refractivity contribution in [2.75, 3.05) is 7.11 Å². The van der Waals surface area contributed by atoms with Gasteiger partial charge >= 0.3 is 11.7 Å². The first kappa shape index (κ1) is 15.3. The highest BCUT2D eigenvalue weighted by molar-refractivity contribution is 8.01. The minimum Gasteiger partial charge on any atom is -0.490 e. The molecule has 0 radical (unpaired) electrons. The summed E-state index contributed by atoms with van der Waals surface area (Å²) in [5.74, 6) is -0.763. The highest BCUT2D eigenvalue weighted by Crippen LogP contribution is 2.36. The number of carbonyl (C=O) groups is 1. The molecule has 0 saturated heterocycles. The van der Waals surface area contributed by atoms with Crippen molar-refractivity contribution in [1.29, 1.82) is 0 Å². The predicted molar refractivity (Wildman–Crippen MR) is 77.2 cm³/mol. The Morgan fingerprint density at radius 2 is 2.33 bits per heavy atom. The van der Waals surface area contributed by atoms with Crippen LogP contribution in [0.4, 0.5) is 5.69 Å². The molecule has 7 nitrogen and oxygen atoms in total. The summed E-state index contributed by atoms with van der Waals surface area (Å²) < 4.78 is 5.66. The van der Waals surface area contributed by atoms with E-state index in [1.165, 1.54) is 36.3 Å². The van der Waals surface area contributed by atoms with Gasteiger partial charge in [0.15, 0.2) is 10.1 Å². The largest absolute Gasteiger partial charge is 0.490 e. The van der Waals surface area contributed by atoms with Crippen molar-refractivity contribution in [3.05, 3.63) is 39.4 Å². The van der Waals surface area contributed by atoms with Gasteiger partial charge in [-0.15, -0.1) is 11.3 Å². The van der Waals surface area contributed by atoms with Crippen molar-refractivity contribution < 1.29 is 19.6 Å². The number of nitro benzene ring substituents is 1. The van der Waals surface area contributed by atoms with Gasteiger partial charge in [0.05, 0.1) is 24.1 Å². The Bertz CT molecular complexity index is 686. The Morgan fingerprint density at radius 1 is 1.57 bits per heavy atom. The van der Waals surface area contributed by atoms with Gasteiger partial charge in [0.1, 0.15) is 0 Å². The van der Waals surface area contributed by atoms with Crippen molar-refractivity contribution in [3.8, 4) is 5.75 Å². The van der Waals surface area contributed by atoms with E-state index < -0.39 is 10.9 Å². The van der Waals surface area contributed by atoms with Crippen molar-refractivity contribution >= 4 is 34.8 Å². The van der Waals surface area contributed by atoms with Gasteiger partial charge in [-0.25, -0.2) is 4.98 Å². The zero-order valence-corrected chi connectivity index (χ0v) is 12.4. The summed E-state index contributed by atoms with van der Waals surface area (Å²) in [7, 11) is 1.37. The Morgan fingerprint density at radius 3 is 2.95 bits per heavy atom.